The van der Waals surface area contributed by atoms with E-state index in [1.807, 2.05) is 0 Å². The molecule has 1 unspecified atom stereocenters. The van der Waals surface area contributed by atoms with Crippen LogP contribution in [-0.4, -0.2) is 36.6 Å². The number of hydrogen-bond donors (Lipinski definition) is 2. The molecule has 11 heavy (non-hydrogen) atoms. The van der Waals surface area contributed by atoms with E-state index >= 15 is 0 Å². The lowest BCUT2D eigenvalue weighted by atomic mass is 9.73. The minimum atomic E-state index is -0.495. The Balaban J connectivity index is 0. The molecule has 0 aliphatic rings. The number of nitrogens with one attached hydrogen (secondary N) is 1. The first-order valence-electron chi connectivity index (χ1n) is 3.12. The second-order valence-corrected chi connectivity index (χ2v) is 1.97. The molecule has 4 nitrogen and oxygen atoms in total. The summed E-state index contributed by atoms with van der Waals surface area (Å²) in [6, 6.07) is -0.495. The third kappa shape index (κ3) is 3.88. The fraction of sp³-hybridized carbons (Fsp3) is 0.833. The van der Waals surface area contributed by atoms with Gasteiger partial charge in [-0.15, -0.1) is 0 Å². The van der Waals surface area contributed by atoms with Crippen LogP contribution in [0.5, 0.6) is 0 Å². The van der Waals surface area contributed by atoms with E-state index in [0.29, 0.717) is 5.06 Å². The number of hydrogen-bond acceptors (Lipinski definition) is 2. The standard InChI is InChI=1S/C5H12BN2O2.CH4/c1-4(6-2)8(10)5(9)7-3;/h4,10H,1-3H3,(H,7,9);1H4. The van der Waals surface area contributed by atoms with E-state index in [2.05, 4.69) is 5.32 Å². The molecule has 0 spiro atoms. The summed E-state index contributed by atoms with van der Waals surface area (Å²) in [6.45, 7) is 3.49. The van der Waals surface area contributed by atoms with Crippen LogP contribution < -0.4 is 5.32 Å². The molecular weight excluding hydrogens is 143 g/mol. The van der Waals surface area contributed by atoms with Gasteiger partial charge < -0.3 is 5.32 Å². The molecule has 1 radical (unpaired) electrons. The fourth-order valence-corrected chi connectivity index (χ4v) is 0.441. The Morgan fingerprint density at radius 3 is 2.45 bits per heavy atom. The molecule has 0 aliphatic carbocycles. The minimum Gasteiger partial charge on any atom is -0.339 e. The summed E-state index contributed by atoms with van der Waals surface area (Å²) in [5, 5.41) is 11.9. The molecule has 0 aromatic heterocycles. The third-order valence-electron chi connectivity index (χ3n) is 1.29. The average Bonchev–Trinajstić information content (AvgIpc) is 2.00. The predicted molar refractivity (Wildman–Crippen MR) is 45.9 cm³/mol. The summed E-state index contributed by atoms with van der Waals surface area (Å²) in [5.74, 6) is -0.250. The van der Waals surface area contributed by atoms with Crippen LogP contribution in [0, 0.1) is 0 Å². The molecule has 0 aromatic rings. The lowest BCUT2D eigenvalue weighted by Crippen LogP contribution is -2.43. The number of urea groups is 1. The molecule has 2 N–H and O–H groups in total. The highest BCUT2D eigenvalue weighted by atomic mass is 16.5. The maximum absolute atomic E-state index is 10.7. The summed E-state index contributed by atoms with van der Waals surface area (Å²) in [6.07, 6.45) is 0. The molecule has 0 saturated heterocycles. The normalized spacial score (nSPS) is 10.9. The number of nitrogens with zero attached hydrogens (tertiary/aromatic N) is 1. The first-order valence-corrected chi connectivity index (χ1v) is 3.12. The van der Waals surface area contributed by atoms with Crippen LogP contribution in [0.1, 0.15) is 14.4 Å². The van der Waals surface area contributed by atoms with Crippen LogP contribution >= 0.6 is 0 Å². The Labute approximate surface area is 68.8 Å². The van der Waals surface area contributed by atoms with Crippen molar-refractivity contribution in [3.05, 3.63) is 0 Å². The highest BCUT2D eigenvalue weighted by Crippen LogP contribution is 1.91. The maximum atomic E-state index is 10.7. The van der Waals surface area contributed by atoms with Gasteiger partial charge in [0.1, 0.15) is 7.28 Å². The summed E-state index contributed by atoms with van der Waals surface area (Å²) >= 11 is 0. The van der Waals surface area contributed by atoms with E-state index in [4.69, 9.17) is 5.21 Å². The van der Waals surface area contributed by atoms with Gasteiger partial charge in [0.15, 0.2) is 0 Å². The Bertz CT molecular complexity index is 121. The zero-order valence-electron chi connectivity index (χ0n) is 6.46. The molecule has 0 saturated carbocycles. The Hall–Kier alpha value is -0.705. The van der Waals surface area contributed by atoms with Crippen molar-refractivity contribution < 1.29 is 10.0 Å². The van der Waals surface area contributed by atoms with Crippen LogP contribution in [0.25, 0.3) is 0 Å². The number of carbonyl (C=O) groups is 1. The second kappa shape index (κ2) is 6.03. The van der Waals surface area contributed by atoms with Crippen molar-refractivity contribution in [2.24, 2.45) is 0 Å². The van der Waals surface area contributed by atoms with Crippen LogP contribution in [0.3, 0.4) is 0 Å². The number of hydroxylamine groups is 2. The smallest absolute Gasteiger partial charge is 0.339 e. The van der Waals surface area contributed by atoms with Crippen LogP contribution in [-0.2, 0) is 0 Å². The summed E-state index contributed by atoms with van der Waals surface area (Å²) < 4.78 is 0. The van der Waals surface area contributed by atoms with Gasteiger partial charge in [-0.25, -0.2) is 9.86 Å². The zero-order valence-corrected chi connectivity index (χ0v) is 6.46. The quantitative estimate of drug-likeness (QED) is 0.355. The molecule has 0 bridgehead atoms. The molecular formula is C6H16BN2O2. The lowest BCUT2D eigenvalue weighted by Gasteiger charge is -2.19. The van der Waals surface area contributed by atoms with E-state index in [-0.39, 0.29) is 13.4 Å². The first kappa shape index (κ1) is 12.9. The van der Waals surface area contributed by atoms with E-state index in [1.54, 1.807) is 21.0 Å². The maximum Gasteiger partial charge on any atom is 0.340 e. The molecule has 0 aliphatic heterocycles. The average molecular weight is 159 g/mol. The Morgan fingerprint density at radius 1 is 1.73 bits per heavy atom. The van der Waals surface area contributed by atoms with Gasteiger partial charge in [0.05, 0.1) is 0 Å². The highest BCUT2D eigenvalue weighted by molar-refractivity contribution is 6.35. The third-order valence-corrected chi connectivity index (χ3v) is 1.29. The molecule has 1 atom stereocenters. The van der Waals surface area contributed by atoms with Gasteiger partial charge in [-0.2, -0.15) is 0 Å². The second-order valence-electron chi connectivity index (χ2n) is 1.97. The molecule has 2 amide bonds. The van der Waals surface area contributed by atoms with Gasteiger partial charge in [-0.1, -0.05) is 14.2 Å². The van der Waals surface area contributed by atoms with Crippen molar-refractivity contribution in [1.29, 1.82) is 0 Å². The van der Waals surface area contributed by atoms with Crippen molar-refractivity contribution in [3.63, 3.8) is 0 Å². The lowest BCUT2D eigenvalue weighted by molar-refractivity contribution is -0.0510. The monoisotopic (exact) mass is 159 g/mol. The van der Waals surface area contributed by atoms with Gasteiger partial charge in [0.25, 0.3) is 0 Å². The van der Waals surface area contributed by atoms with E-state index < -0.39 is 6.03 Å². The van der Waals surface area contributed by atoms with Gasteiger partial charge in [-0.05, 0) is 6.92 Å². The topological polar surface area (TPSA) is 52.6 Å². The Morgan fingerprint density at radius 2 is 2.18 bits per heavy atom. The summed E-state index contributed by atoms with van der Waals surface area (Å²) in [5.41, 5.74) is 0. The molecule has 0 rings (SSSR count). The first-order chi connectivity index (χ1) is 4.63. The van der Waals surface area contributed by atoms with Gasteiger partial charge in [0.2, 0.25) is 0 Å². The summed E-state index contributed by atoms with van der Waals surface area (Å²) in [7, 11) is 3.18. The van der Waals surface area contributed by atoms with Crippen molar-refractivity contribution in [2.75, 3.05) is 7.05 Å². The summed E-state index contributed by atoms with van der Waals surface area (Å²) in [4.78, 5) is 10.7. The van der Waals surface area contributed by atoms with E-state index in [1.165, 1.54) is 7.05 Å². The zero-order chi connectivity index (χ0) is 8.15. The largest absolute Gasteiger partial charge is 0.340 e. The van der Waals surface area contributed by atoms with E-state index in [0.717, 1.165) is 0 Å². The molecule has 5 heteroatoms. The van der Waals surface area contributed by atoms with Crippen molar-refractivity contribution in [1.82, 2.24) is 10.4 Å². The van der Waals surface area contributed by atoms with Crippen LogP contribution in [0.2, 0.25) is 6.82 Å². The van der Waals surface area contributed by atoms with Crippen molar-refractivity contribution in [3.8, 4) is 0 Å². The van der Waals surface area contributed by atoms with Gasteiger partial charge in [-0.3, -0.25) is 5.21 Å². The van der Waals surface area contributed by atoms with Gasteiger partial charge >= 0.3 is 6.03 Å². The minimum absolute atomic E-state index is 0. The highest BCUT2D eigenvalue weighted by Gasteiger charge is 2.14. The number of rotatable bonds is 2. The molecule has 0 heterocycles. The predicted octanol–water partition coefficient (Wildman–Crippen LogP) is 0.751. The van der Waals surface area contributed by atoms with E-state index in [9.17, 15) is 4.79 Å². The van der Waals surface area contributed by atoms with Crippen molar-refractivity contribution >= 4 is 13.3 Å². The molecule has 0 fully saturated rings. The van der Waals surface area contributed by atoms with Gasteiger partial charge in [0, 0.05) is 13.0 Å². The SMILES string of the molecule is C.C[B]C(C)N(O)C(=O)NC. The number of carbonyl (C=O) groups excluding carboxylic acids is 1. The Kier molecular flexibility index (Phi) is 7.09. The molecule has 65 valence electrons. The van der Waals surface area contributed by atoms with Crippen LogP contribution in [0.15, 0.2) is 0 Å². The number of amides is 2. The molecule has 0 aromatic carbocycles. The fourth-order valence-electron chi connectivity index (χ4n) is 0.441. The van der Waals surface area contributed by atoms with Crippen molar-refractivity contribution in [2.45, 2.75) is 27.1 Å². The van der Waals surface area contributed by atoms with Crippen LogP contribution in [0.4, 0.5) is 4.79 Å².